The quantitative estimate of drug-likeness (QED) is 0.812. The molecule has 6 nitrogen and oxygen atoms in total. The van der Waals surface area contributed by atoms with Crippen LogP contribution in [-0.4, -0.2) is 30.7 Å². The Balaban J connectivity index is 2.27. The maximum atomic E-state index is 12.0. The fourth-order valence-corrected chi connectivity index (χ4v) is 1.18. The molecule has 0 unspecified atom stereocenters. The van der Waals surface area contributed by atoms with E-state index in [2.05, 4.69) is 15.3 Å². The topological polar surface area (TPSA) is 68.5 Å². The minimum atomic E-state index is -4.34. The third-order valence-corrected chi connectivity index (χ3v) is 1.79. The predicted octanol–water partition coefficient (Wildman–Crippen LogP) is 0.319. The van der Waals surface area contributed by atoms with Crippen molar-refractivity contribution in [2.75, 3.05) is 0 Å². The second-order valence-corrected chi connectivity index (χ2v) is 3.04. The van der Waals surface area contributed by atoms with Crippen molar-refractivity contribution in [3.05, 3.63) is 29.2 Å². The van der Waals surface area contributed by atoms with Crippen molar-refractivity contribution >= 4 is 0 Å². The highest BCUT2D eigenvalue weighted by Gasteiger charge is 2.28. The Morgan fingerprint density at radius 1 is 1.44 bits per heavy atom. The zero-order chi connectivity index (χ0) is 11.8. The van der Waals surface area contributed by atoms with Crippen molar-refractivity contribution in [3.8, 4) is 5.69 Å². The van der Waals surface area contributed by atoms with Gasteiger partial charge in [-0.25, -0.2) is 14.5 Å². The number of H-pyrrole nitrogens is 1. The third kappa shape index (κ3) is 2.12. The number of aromatic nitrogens is 5. The first-order chi connectivity index (χ1) is 7.46. The maximum Gasteiger partial charge on any atom is 0.408 e. The van der Waals surface area contributed by atoms with Crippen LogP contribution in [-0.2, 0) is 6.54 Å². The average Bonchev–Trinajstić information content (AvgIpc) is 2.71. The molecule has 2 aromatic rings. The van der Waals surface area contributed by atoms with Gasteiger partial charge in [0.15, 0.2) is 0 Å². The molecule has 0 atom stereocenters. The number of nitrogens with one attached hydrogen (secondary N) is 1. The maximum absolute atomic E-state index is 12.0. The number of hydrogen-bond donors (Lipinski definition) is 1. The van der Waals surface area contributed by atoms with Gasteiger partial charge in [-0.2, -0.15) is 23.4 Å². The van der Waals surface area contributed by atoms with Gasteiger partial charge in [-0.1, -0.05) is 0 Å². The van der Waals surface area contributed by atoms with Gasteiger partial charge in [-0.15, -0.1) is 0 Å². The molecule has 0 saturated carbocycles. The molecule has 2 rings (SSSR count). The van der Waals surface area contributed by atoms with E-state index in [1.54, 1.807) is 0 Å². The number of nitrogens with zero attached hydrogens (tertiary/aromatic N) is 4. The Morgan fingerprint density at radius 2 is 2.19 bits per heavy atom. The summed E-state index contributed by atoms with van der Waals surface area (Å²) in [6, 6.07) is 0. The molecule has 16 heavy (non-hydrogen) atoms. The van der Waals surface area contributed by atoms with E-state index < -0.39 is 18.4 Å². The molecule has 0 bridgehead atoms. The van der Waals surface area contributed by atoms with Crippen LogP contribution in [0.4, 0.5) is 13.2 Å². The van der Waals surface area contributed by atoms with Crippen LogP contribution in [0.25, 0.3) is 5.69 Å². The summed E-state index contributed by atoms with van der Waals surface area (Å²) in [5.41, 5.74) is -0.311. The minimum absolute atomic E-state index is 0.225. The molecule has 2 heterocycles. The molecule has 0 aliphatic heterocycles. The van der Waals surface area contributed by atoms with Crippen molar-refractivity contribution in [3.63, 3.8) is 0 Å². The number of aromatic amines is 1. The number of rotatable bonds is 2. The Morgan fingerprint density at radius 3 is 2.75 bits per heavy atom. The highest BCUT2D eigenvalue weighted by atomic mass is 19.4. The van der Waals surface area contributed by atoms with Crippen LogP contribution in [0.5, 0.6) is 0 Å². The summed E-state index contributed by atoms with van der Waals surface area (Å²) in [4.78, 5) is 11.1. The van der Waals surface area contributed by atoms with Gasteiger partial charge in [0.05, 0.1) is 11.9 Å². The molecule has 86 valence electrons. The van der Waals surface area contributed by atoms with Crippen molar-refractivity contribution < 1.29 is 13.2 Å². The molecule has 0 fully saturated rings. The van der Waals surface area contributed by atoms with Crippen LogP contribution < -0.4 is 5.69 Å². The lowest BCUT2D eigenvalue weighted by Crippen LogP contribution is -2.18. The zero-order valence-corrected chi connectivity index (χ0v) is 7.77. The molecule has 0 spiro atoms. The van der Waals surface area contributed by atoms with Gasteiger partial charge in [0, 0.05) is 6.20 Å². The standard InChI is InChI=1S/C7H6F3N5O/c8-7(9,10)3-14-2-5(1-12-14)15-4-11-13-6(15)16/h1-2,4H,3H2,(H,13,16). The molecule has 0 aromatic carbocycles. The van der Waals surface area contributed by atoms with Gasteiger partial charge in [0.1, 0.15) is 12.9 Å². The van der Waals surface area contributed by atoms with E-state index >= 15 is 0 Å². The largest absolute Gasteiger partial charge is 0.408 e. The molecule has 9 heteroatoms. The lowest BCUT2D eigenvalue weighted by molar-refractivity contribution is -0.142. The molecule has 0 radical (unpaired) electrons. The van der Waals surface area contributed by atoms with Gasteiger partial charge < -0.3 is 0 Å². The molecule has 1 N–H and O–H groups in total. The molecular weight excluding hydrogens is 227 g/mol. The van der Waals surface area contributed by atoms with E-state index in [0.717, 1.165) is 23.3 Å². The van der Waals surface area contributed by atoms with E-state index in [0.29, 0.717) is 4.68 Å². The van der Waals surface area contributed by atoms with Crippen molar-refractivity contribution in [2.45, 2.75) is 12.7 Å². The Kier molecular flexibility index (Phi) is 2.29. The van der Waals surface area contributed by atoms with Crippen LogP contribution in [0.3, 0.4) is 0 Å². The van der Waals surface area contributed by atoms with Crippen LogP contribution in [0, 0.1) is 0 Å². The number of alkyl halides is 3. The first-order valence-corrected chi connectivity index (χ1v) is 4.17. The number of hydrogen-bond acceptors (Lipinski definition) is 3. The van der Waals surface area contributed by atoms with Crippen LogP contribution in [0.1, 0.15) is 0 Å². The lowest BCUT2D eigenvalue weighted by atomic mass is 10.5. The Hall–Kier alpha value is -2.06. The van der Waals surface area contributed by atoms with E-state index in [1.807, 2.05) is 0 Å². The van der Waals surface area contributed by atoms with Crippen LogP contribution in [0.15, 0.2) is 23.5 Å². The van der Waals surface area contributed by atoms with Gasteiger partial charge in [-0.3, -0.25) is 4.68 Å². The van der Waals surface area contributed by atoms with E-state index in [1.165, 1.54) is 0 Å². The Bertz CT molecular complexity index is 536. The summed E-state index contributed by atoms with van der Waals surface area (Å²) in [6.07, 6.45) is -0.908. The highest BCUT2D eigenvalue weighted by Crippen LogP contribution is 2.17. The summed E-state index contributed by atoms with van der Waals surface area (Å²) >= 11 is 0. The molecular formula is C7H6F3N5O. The van der Waals surface area contributed by atoms with Crippen molar-refractivity contribution in [1.29, 1.82) is 0 Å². The lowest BCUT2D eigenvalue weighted by Gasteiger charge is -2.04. The molecule has 2 aromatic heterocycles. The predicted molar refractivity (Wildman–Crippen MR) is 46.0 cm³/mol. The fourth-order valence-electron chi connectivity index (χ4n) is 1.18. The summed E-state index contributed by atoms with van der Waals surface area (Å²) in [6.45, 7) is -1.19. The van der Waals surface area contributed by atoms with E-state index in [9.17, 15) is 18.0 Å². The highest BCUT2D eigenvalue weighted by molar-refractivity contribution is 5.23. The molecule has 0 saturated heterocycles. The van der Waals surface area contributed by atoms with Crippen molar-refractivity contribution in [2.24, 2.45) is 0 Å². The SMILES string of the molecule is O=c1[nH]ncn1-c1cnn(CC(F)(F)F)c1. The fraction of sp³-hybridized carbons (Fsp3) is 0.286. The third-order valence-electron chi connectivity index (χ3n) is 1.79. The van der Waals surface area contributed by atoms with Gasteiger partial charge in [-0.05, 0) is 0 Å². The Labute approximate surface area is 86.3 Å². The molecule has 0 amide bonds. The van der Waals surface area contributed by atoms with E-state index in [-0.39, 0.29) is 5.69 Å². The summed E-state index contributed by atoms with van der Waals surface area (Å²) < 4.78 is 37.8. The van der Waals surface area contributed by atoms with Gasteiger partial charge >= 0.3 is 11.9 Å². The summed E-state index contributed by atoms with van der Waals surface area (Å²) in [5, 5.41) is 9.06. The molecule has 0 aliphatic rings. The summed E-state index contributed by atoms with van der Waals surface area (Å²) in [7, 11) is 0. The smallest absolute Gasteiger partial charge is 0.261 e. The van der Waals surface area contributed by atoms with Crippen molar-refractivity contribution in [1.82, 2.24) is 24.5 Å². The first-order valence-electron chi connectivity index (χ1n) is 4.17. The van der Waals surface area contributed by atoms with Gasteiger partial charge in [0.2, 0.25) is 0 Å². The average molecular weight is 233 g/mol. The zero-order valence-electron chi connectivity index (χ0n) is 7.77. The normalized spacial score (nSPS) is 11.9. The monoisotopic (exact) mass is 233 g/mol. The second-order valence-electron chi connectivity index (χ2n) is 3.04. The second kappa shape index (κ2) is 3.51. The van der Waals surface area contributed by atoms with Crippen LogP contribution in [0.2, 0.25) is 0 Å². The van der Waals surface area contributed by atoms with Crippen LogP contribution >= 0.6 is 0 Å². The van der Waals surface area contributed by atoms with E-state index in [4.69, 9.17) is 0 Å². The summed E-state index contributed by atoms with van der Waals surface area (Å²) in [5.74, 6) is 0. The first kappa shape index (κ1) is 10.5. The molecule has 0 aliphatic carbocycles. The number of halogens is 3. The minimum Gasteiger partial charge on any atom is -0.261 e. The van der Waals surface area contributed by atoms with Gasteiger partial charge in [0.25, 0.3) is 0 Å².